The molecule has 41 heavy (non-hydrogen) atoms. The lowest BCUT2D eigenvalue weighted by molar-refractivity contribution is -0.126. The molecule has 2 saturated heterocycles. The number of anilines is 3. The maximum atomic E-state index is 12.2. The normalized spacial score (nSPS) is 19.4. The third kappa shape index (κ3) is 5.81. The van der Waals surface area contributed by atoms with Crippen LogP contribution in [0.4, 0.5) is 17.5 Å². The van der Waals surface area contributed by atoms with Gasteiger partial charge in [-0.15, -0.1) is 0 Å². The number of carbonyl (C=O) groups is 1. The summed E-state index contributed by atoms with van der Waals surface area (Å²) in [6.07, 6.45) is 4.74. The molecule has 9 nitrogen and oxygen atoms in total. The van der Waals surface area contributed by atoms with Crippen LogP contribution in [0.1, 0.15) is 31.0 Å². The second-order valence-corrected chi connectivity index (χ2v) is 11.5. The maximum absolute atomic E-state index is 12.2. The Morgan fingerprint density at radius 3 is 2.71 bits per heavy atom. The summed E-state index contributed by atoms with van der Waals surface area (Å²) in [4.78, 5) is 31.3. The molecule has 4 heterocycles. The van der Waals surface area contributed by atoms with Gasteiger partial charge in [-0.25, -0.2) is 4.98 Å². The maximum Gasteiger partial charge on any atom is 0.246 e. The van der Waals surface area contributed by atoms with Crippen LogP contribution < -0.4 is 15.1 Å². The highest BCUT2D eigenvalue weighted by atomic mass is 16.3. The monoisotopic (exact) mass is 555 g/mol. The minimum absolute atomic E-state index is 0.0158. The van der Waals surface area contributed by atoms with Crippen molar-refractivity contribution in [1.82, 2.24) is 19.8 Å². The summed E-state index contributed by atoms with van der Waals surface area (Å²) in [6, 6.07) is 11.9. The van der Waals surface area contributed by atoms with E-state index in [0.717, 1.165) is 79.6 Å². The number of phenolic OH excluding ortho intramolecular Hbond substituents is 1. The van der Waals surface area contributed by atoms with Crippen LogP contribution in [0, 0.1) is 5.92 Å². The molecule has 0 aliphatic carbocycles. The summed E-state index contributed by atoms with van der Waals surface area (Å²) in [5.74, 6) is 2.72. The summed E-state index contributed by atoms with van der Waals surface area (Å²) in [7, 11) is 0. The smallest absolute Gasteiger partial charge is 0.246 e. The number of nitrogens with one attached hydrogen (secondary N) is 1. The van der Waals surface area contributed by atoms with Gasteiger partial charge in [0.2, 0.25) is 11.9 Å². The molecule has 216 valence electrons. The van der Waals surface area contributed by atoms with Gasteiger partial charge in [-0.2, -0.15) is 4.98 Å². The van der Waals surface area contributed by atoms with Gasteiger partial charge >= 0.3 is 0 Å². The lowest BCUT2D eigenvalue weighted by Crippen LogP contribution is -2.49. The Kier molecular flexibility index (Phi) is 7.96. The predicted octanol–water partition coefficient (Wildman–Crippen LogP) is 3.88. The molecule has 2 aromatic carbocycles. The van der Waals surface area contributed by atoms with Crippen molar-refractivity contribution in [2.45, 2.75) is 32.7 Å². The molecule has 9 heteroatoms. The van der Waals surface area contributed by atoms with E-state index in [1.807, 2.05) is 35.2 Å². The minimum atomic E-state index is -0.0158. The topological polar surface area (TPSA) is 88.1 Å². The highest BCUT2D eigenvalue weighted by molar-refractivity contribution is 5.95. The number of likely N-dealkylation sites (tertiary alicyclic amines) is 1. The zero-order chi connectivity index (χ0) is 28.3. The first kappa shape index (κ1) is 27.3. The number of piperazine rings is 1. The molecule has 0 spiro atoms. The standard InChI is InChI=1S/C32H41N7O2/c1-3-23-9-12-36(21-23)14-11-33-32-34-28-22-39(29-20-25(40)19-24-7-5-6-8-26(24)29)13-10-27(28)31(35-32)38-17-15-37(16-18-38)30(41)4-2/h4-8,19-20,23,40H,2-3,9-18,21-22H2,1H3,(H,33,34,35). The van der Waals surface area contributed by atoms with E-state index >= 15 is 0 Å². The summed E-state index contributed by atoms with van der Waals surface area (Å²) >= 11 is 0. The second-order valence-electron chi connectivity index (χ2n) is 11.5. The van der Waals surface area contributed by atoms with Gasteiger partial charge < -0.3 is 30.0 Å². The van der Waals surface area contributed by atoms with Gasteiger partial charge in [0.05, 0.1) is 12.2 Å². The van der Waals surface area contributed by atoms with Crippen LogP contribution in [-0.2, 0) is 17.8 Å². The van der Waals surface area contributed by atoms with Crippen LogP contribution >= 0.6 is 0 Å². The number of benzene rings is 2. The fraction of sp³-hybridized carbons (Fsp3) is 0.469. The minimum Gasteiger partial charge on any atom is -0.508 e. The number of nitrogens with zero attached hydrogens (tertiary/aromatic N) is 6. The summed E-state index contributed by atoms with van der Waals surface area (Å²) in [6.45, 7) is 14.3. The Bertz CT molecular complexity index is 1420. The summed E-state index contributed by atoms with van der Waals surface area (Å²) in [5, 5.41) is 16.2. The number of hydrogen-bond donors (Lipinski definition) is 2. The highest BCUT2D eigenvalue weighted by Crippen LogP contribution is 2.36. The molecule has 3 aliphatic rings. The fourth-order valence-corrected chi connectivity index (χ4v) is 6.54. The lowest BCUT2D eigenvalue weighted by atomic mass is 10.0. The molecular formula is C32H41N7O2. The van der Waals surface area contributed by atoms with Crippen molar-refractivity contribution in [2.24, 2.45) is 5.92 Å². The van der Waals surface area contributed by atoms with Crippen LogP contribution in [0.5, 0.6) is 5.75 Å². The Labute approximate surface area is 242 Å². The van der Waals surface area contributed by atoms with Gasteiger partial charge in [0.1, 0.15) is 11.6 Å². The van der Waals surface area contributed by atoms with Crippen LogP contribution in [0.15, 0.2) is 49.1 Å². The molecule has 1 unspecified atom stereocenters. The Hall–Kier alpha value is -3.85. The average Bonchev–Trinajstić information content (AvgIpc) is 3.47. The SMILES string of the molecule is C=CC(=O)N1CCN(c2nc(NCCN3CCC(CC)C3)nc3c2CCN(c2cc(O)cc4ccccc24)C3)CC1. The van der Waals surface area contributed by atoms with Crippen LogP contribution in [0.25, 0.3) is 10.8 Å². The molecule has 2 N–H and O–H groups in total. The number of fused-ring (bicyclic) bond motifs is 2. The second kappa shape index (κ2) is 11.9. The number of phenols is 1. The highest BCUT2D eigenvalue weighted by Gasteiger charge is 2.29. The van der Waals surface area contributed by atoms with Gasteiger partial charge in [-0.3, -0.25) is 4.79 Å². The third-order valence-electron chi connectivity index (χ3n) is 8.93. The third-order valence-corrected chi connectivity index (χ3v) is 8.93. The van der Waals surface area contributed by atoms with Crippen molar-refractivity contribution in [2.75, 3.05) is 74.0 Å². The molecule has 3 aromatic rings. The number of hydrogen-bond acceptors (Lipinski definition) is 8. The van der Waals surface area contributed by atoms with Crippen LogP contribution in [0.3, 0.4) is 0 Å². The molecule has 0 saturated carbocycles. The van der Waals surface area contributed by atoms with Gasteiger partial charge in [-0.1, -0.05) is 44.2 Å². The first-order chi connectivity index (χ1) is 20.0. The van der Waals surface area contributed by atoms with Crippen molar-refractivity contribution in [1.29, 1.82) is 0 Å². The quantitative estimate of drug-likeness (QED) is 0.405. The van der Waals surface area contributed by atoms with Gasteiger partial charge in [0.15, 0.2) is 0 Å². The van der Waals surface area contributed by atoms with Crippen LogP contribution in [-0.4, -0.2) is 89.7 Å². The number of aromatic hydroxyl groups is 1. The van der Waals surface area contributed by atoms with E-state index in [9.17, 15) is 9.90 Å². The van der Waals surface area contributed by atoms with E-state index in [2.05, 4.69) is 39.6 Å². The Balaban J connectivity index is 1.26. The number of aromatic nitrogens is 2. The largest absolute Gasteiger partial charge is 0.508 e. The number of rotatable bonds is 8. The summed E-state index contributed by atoms with van der Waals surface area (Å²) in [5.41, 5.74) is 3.23. The zero-order valence-corrected chi connectivity index (χ0v) is 24.1. The fourth-order valence-electron chi connectivity index (χ4n) is 6.54. The molecule has 1 aromatic heterocycles. The van der Waals surface area contributed by atoms with E-state index in [1.54, 1.807) is 0 Å². The van der Waals surface area contributed by atoms with Gasteiger partial charge in [0, 0.05) is 75.1 Å². The van der Waals surface area contributed by atoms with Crippen LogP contribution in [0.2, 0.25) is 0 Å². The van der Waals surface area contributed by atoms with Crippen molar-refractivity contribution in [3.8, 4) is 5.75 Å². The molecule has 1 atom stereocenters. The van der Waals surface area contributed by atoms with Gasteiger partial charge in [0.25, 0.3) is 0 Å². The van der Waals surface area contributed by atoms with E-state index in [1.165, 1.54) is 31.0 Å². The van der Waals surface area contributed by atoms with Crippen molar-refractivity contribution < 1.29 is 9.90 Å². The molecule has 2 fully saturated rings. The molecule has 0 bridgehead atoms. The van der Waals surface area contributed by atoms with Crippen molar-refractivity contribution in [3.05, 3.63) is 60.3 Å². The Morgan fingerprint density at radius 1 is 1.10 bits per heavy atom. The van der Waals surface area contributed by atoms with Crippen molar-refractivity contribution in [3.63, 3.8) is 0 Å². The van der Waals surface area contributed by atoms with E-state index in [0.29, 0.717) is 25.6 Å². The first-order valence-electron chi connectivity index (χ1n) is 15.0. The lowest BCUT2D eigenvalue weighted by Gasteiger charge is -2.38. The molecule has 1 amide bonds. The first-order valence-corrected chi connectivity index (χ1v) is 15.0. The van der Waals surface area contributed by atoms with Gasteiger partial charge in [-0.05, 0) is 42.8 Å². The Morgan fingerprint density at radius 2 is 1.93 bits per heavy atom. The number of amides is 1. The molecule has 3 aliphatic heterocycles. The van der Waals surface area contributed by atoms with E-state index in [4.69, 9.17) is 9.97 Å². The van der Waals surface area contributed by atoms with E-state index < -0.39 is 0 Å². The predicted molar refractivity (Wildman–Crippen MR) is 165 cm³/mol. The molecule has 6 rings (SSSR count). The summed E-state index contributed by atoms with van der Waals surface area (Å²) < 4.78 is 0. The van der Waals surface area contributed by atoms with Crippen molar-refractivity contribution >= 4 is 34.1 Å². The zero-order valence-electron chi connectivity index (χ0n) is 24.1. The molecule has 0 radical (unpaired) electrons. The molecular weight excluding hydrogens is 514 g/mol. The van der Waals surface area contributed by atoms with E-state index in [-0.39, 0.29) is 11.7 Å². The number of carbonyl (C=O) groups excluding carboxylic acids is 1. The average molecular weight is 556 g/mol.